The van der Waals surface area contributed by atoms with E-state index in [1.807, 2.05) is 85.7 Å². The number of carbonyl (C=O) groups is 14. The molecule has 2 saturated heterocycles. The SMILES string of the molecule is CCC(CO)OC(COC(=O)CCCC(=O)NCCNC(=O)CCOCCOCCNC(=O)CCN1C(=O)C(C)C(C)C1=O)OC.CCC(CO)OC(COC(=O)CCCC(=O)N[C@@H](C)C(=O)OCCCNC(=O)[C@H](Cc1ccccc1)NC(=O)[C@H](C)[C@@H](OC)[C@@H]1CCCN1C(=O)C[C@@H](OC)[C@H]([C@@H](C)CC)N(C)C(=O)[C@@H](NC(=O)[C@@H](NC)C(C)C)C(C)C)OC. The van der Waals surface area contributed by atoms with Crippen molar-refractivity contribution < 1.29 is 129 Å². The Balaban J connectivity index is 0.000000975. The van der Waals surface area contributed by atoms with Crippen molar-refractivity contribution in [3.05, 3.63) is 35.9 Å². The van der Waals surface area contributed by atoms with Crippen molar-refractivity contribution in [3.63, 3.8) is 0 Å². The summed E-state index contributed by atoms with van der Waals surface area (Å²) in [5.74, 6) is -7.00. The second-order valence-electron chi connectivity index (χ2n) is 32.0. The van der Waals surface area contributed by atoms with Gasteiger partial charge in [0, 0.05) is 132 Å². The number of ether oxygens (including phenoxy) is 11. The molecule has 2 heterocycles. The number of aliphatic hydroxyl groups excluding tert-OH is 2. The molecule has 0 radical (unpaired) electrons. The molecular formula is C87H149N11O27. The van der Waals surface area contributed by atoms with Crippen LogP contribution in [0.25, 0.3) is 0 Å². The number of rotatable bonds is 64. The molecule has 714 valence electrons. The van der Waals surface area contributed by atoms with E-state index < -0.39 is 115 Å². The van der Waals surface area contributed by atoms with Crippen molar-refractivity contribution in [1.82, 2.24) is 57.2 Å². The summed E-state index contributed by atoms with van der Waals surface area (Å²) in [6.07, 6.45) is 0.139. The third-order valence-electron chi connectivity index (χ3n) is 21.9. The van der Waals surface area contributed by atoms with E-state index in [4.69, 9.17) is 52.1 Å². The van der Waals surface area contributed by atoms with Crippen LogP contribution in [0.1, 0.15) is 185 Å². The number of imide groups is 1. The van der Waals surface area contributed by atoms with Crippen molar-refractivity contribution in [2.45, 2.75) is 259 Å². The fourth-order valence-electron chi connectivity index (χ4n) is 13.9. The highest BCUT2D eigenvalue weighted by atomic mass is 16.7. The van der Waals surface area contributed by atoms with Crippen molar-refractivity contribution in [2.24, 2.45) is 35.5 Å². The molecule has 2 fully saturated rings. The lowest BCUT2D eigenvalue weighted by Gasteiger charge is -2.41. The molecular weight excluding hydrogens is 1630 g/mol. The molecule has 6 unspecified atom stereocenters. The molecule has 125 heavy (non-hydrogen) atoms. The first kappa shape index (κ1) is 113. The van der Waals surface area contributed by atoms with Gasteiger partial charge in [-0.15, -0.1) is 0 Å². The third-order valence-corrected chi connectivity index (χ3v) is 21.9. The average molecular weight is 1780 g/mol. The molecule has 10 N–H and O–H groups in total. The monoisotopic (exact) mass is 1780 g/mol. The Morgan fingerprint density at radius 2 is 1.09 bits per heavy atom. The van der Waals surface area contributed by atoms with Crippen molar-refractivity contribution in [2.75, 3.05) is 141 Å². The van der Waals surface area contributed by atoms with Crippen LogP contribution in [0, 0.1) is 35.5 Å². The summed E-state index contributed by atoms with van der Waals surface area (Å²) in [6.45, 7) is 23.5. The second kappa shape index (κ2) is 63.5. The number of esters is 3. The summed E-state index contributed by atoms with van der Waals surface area (Å²) in [5, 5.41) is 40.9. The quantitative estimate of drug-likeness (QED) is 0.0147. The normalized spacial score (nSPS) is 17.6. The number of nitrogens with one attached hydrogen (secondary N) is 8. The molecule has 3 rings (SSSR count). The van der Waals surface area contributed by atoms with Crippen LogP contribution in [0.2, 0.25) is 0 Å². The van der Waals surface area contributed by atoms with Crippen LogP contribution in [0.4, 0.5) is 0 Å². The van der Waals surface area contributed by atoms with E-state index in [-0.39, 0.29) is 233 Å². The second-order valence-corrected chi connectivity index (χ2v) is 32.0. The average Bonchev–Trinajstić information content (AvgIpc) is 1.78. The van der Waals surface area contributed by atoms with Gasteiger partial charge in [-0.25, -0.2) is 4.79 Å². The van der Waals surface area contributed by atoms with Crippen molar-refractivity contribution in [3.8, 4) is 0 Å². The minimum atomic E-state index is -0.999. The molecule has 0 spiro atoms. The Morgan fingerprint density at radius 1 is 0.552 bits per heavy atom. The van der Waals surface area contributed by atoms with Crippen LogP contribution in [-0.2, 0) is 126 Å². The van der Waals surface area contributed by atoms with Gasteiger partial charge in [0.05, 0.1) is 101 Å². The number of carbonyl (C=O) groups excluding carboxylic acids is 14. The number of likely N-dealkylation sites (N-methyl/N-ethyl adjacent to an activating group) is 2. The molecule has 0 saturated carbocycles. The molecule has 38 nitrogen and oxygen atoms in total. The van der Waals surface area contributed by atoms with Crippen LogP contribution >= 0.6 is 0 Å². The zero-order chi connectivity index (χ0) is 93.7. The maximum absolute atomic E-state index is 14.5. The molecule has 0 aliphatic carbocycles. The summed E-state index contributed by atoms with van der Waals surface area (Å²) < 4.78 is 59.6. The number of methoxy groups -OCH3 is 4. The number of hydrogen-bond donors (Lipinski definition) is 10. The largest absolute Gasteiger partial charge is 0.464 e. The molecule has 16 atom stereocenters. The van der Waals surface area contributed by atoms with E-state index >= 15 is 0 Å². The van der Waals surface area contributed by atoms with E-state index in [0.29, 0.717) is 45.1 Å². The first-order chi connectivity index (χ1) is 59.6. The van der Waals surface area contributed by atoms with Gasteiger partial charge in [0.2, 0.25) is 65.0 Å². The van der Waals surface area contributed by atoms with Gasteiger partial charge in [0.1, 0.15) is 31.3 Å². The standard InChI is InChI=1S/C57H97N7O15.C30H52N4O12/c1-15-37(7)51(63(11)56(72)50(36(5)6)62-55(71)49(58-10)35(3)4)44(74-12)32-46(67)64-29-21-25-43(64)52(76-14)38(8)53(69)61-42(31-40-23-18-17-19-24-40)54(70)59-28-22-30-77-57(73)39(9)60-45(66)26-20-27-47(68)78-34-48(75-13)79-41(16-2)33-65;1-5-23(19-35)46-28(42-4)20-45-27(39)8-6-7-24(36)31-11-12-32-26(38)10-15-43-17-18-44-16-13-33-25(37)9-14-34-29(40)21(2)22(3)30(34)41/h17-19,23-24,35-39,41-44,48-52,58,65H,15-16,20-22,25-34H2,1-14H3,(H,59,70)(H,60,66)(H,61,69)(H,62,71);21-23,28,35H,5-20H2,1-4H3,(H,31,36)(H,32,38)(H,33,37)/t37-,38+,39-,41?,42-,43-,44+,48?,49-,50-,51-,52+;/m0./s1. The van der Waals surface area contributed by atoms with Gasteiger partial charge in [-0.2, -0.15) is 0 Å². The van der Waals surface area contributed by atoms with Gasteiger partial charge in [-0.05, 0) is 82.2 Å². The van der Waals surface area contributed by atoms with Gasteiger partial charge >= 0.3 is 17.9 Å². The molecule has 0 bridgehead atoms. The fourth-order valence-corrected chi connectivity index (χ4v) is 13.9. The minimum Gasteiger partial charge on any atom is -0.464 e. The molecule has 38 heteroatoms. The van der Waals surface area contributed by atoms with Crippen LogP contribution in [-0.4, -0.2) is 322 Å². The Morgan fingerprint density at radius 3 is 1.60 bits per heavy atom. The van der Waals surface area contributed by atoms with Gasteiger partial charge in [0.15, 0.2) is 12.6 Å². The minimum absolute atomic E-state index is 0.00897. The van der Waals surface area contributed by atoms with Crippen molar-refractivity contribution >= 4 is 82.9 Å². The molecule has 1 aromatic rings. The summed E-state index contributed by atoms with van der Waals surface area (Å²) >= 11 is 0. The lowest BCUT2D eigenvalue weighted by Crippen LogP contribution is -2.59. The van der Waals surface area contributed by atoms with Crippen LogP contribution < -0.4 is 42.5 Å². The highest BCUT2D eigenvalue weighted by Gasteiger charge is 2.45. The van der Waals surface area contributed by atoms with E-state index in [1.54, 1.807) is 44.7 Å². The summed E-state index contributed by atoms with van der Waals surface area (Å²) in [6, 6.07) is 4.92. The van der Waals surface area contributed by atoms with Gasteiger partial charge < -0.3 is 115 Å². The Hall–Kier alpha value is -8.44. The third kappa shape index (κ3) is 42.4. The maximum Gasteiger partial charge on any atom is 0.328 e. The topological polar surface area (TPSA) is 487 Å². The lowest BCUT2D eigenvalue weighted by atomic mass is 9.89. The fraction of sp³-hybridized carbons (Fsp3) is 0.770. The number of hydrogen-bond acceptors (Lipinski definition) is 28. The van der Waals surface area contributed by atoms with E-state index in [1.165, 1.54) is 35.4 Å². The highest BCUT2D eigenvalue weighted by Crippen LogP contribution is 2.31. The number of aliphatic hydroxyl groups is 2. The Bertz CT molecular complexity index is 3370. The molecule has 2 aliphatic heterocycles. The Labute approximate surface area is 738 Å². The molecule has 1 aromatic carbocycles. The number of amides is 11. The zero-order valence-corrected chi connectivity index (χ0v) is 77.1. The Kier molecular flexibility index (Phi) is 57.2. The van der Waals surface area contributed by atoms with Gasteiger partial charge in [0.25, 0.3) is 0 Å². The number of nitrogens with zero attached hydrogens (tertiary/aromatic N) is 3. The number of benzene rings is 1. The van der Waals surface area contributed by atoms with Crippen LogP contribution in [0.15, 0.2) is 30.3 Å². The van der Waals surface area contributed by atoms with Crippen molar-refractivity contribution in [1.29, 1.82) is 0 Å². The maximum atomic E-state index is 14.5. The zero-order valence-electron chi connectivity index (χ0n) is 77.1. The molecule has 0 aromatic heterocycles. The lowest BCUT2D eigenvalue weighted by molar-refractivity contribution is -0.194. The van der Waals surface area contributed by atoms with E-state index in [9.17, 15) is 77.3 Å². The summed E-state index contributed by atoms with van der Waals surface area (Å²) in [7, 11) is 9.23. The predicted octanol–water partition coefficient (Wildman–Crippen LogP) is 2.31. The predicted molar refractivity (Wildman–Crippen MR) is 460 cm³/mol. The number of likely N-dealkylation sites (tertiary alicyclic amines) is 2. The van der Waals surface area contributed by atoms with Crippen LogP contribution in [0.5, 0.6) is 0 Å². The van der Waals surface area contributed by atoms with Gasteiger partial charge in [-0.1, -0.05) is 113 Å². The summed E-state index contributed by atoms with van der Waals surface area (Å²) in [4.78, 5) is 184. The highest BCUT2D eigenvalue weighted by molar-refractivity contribution is 6.05. The smallest absolute Gasteiger partial charge is 0.328 e. The summed E-state index contributed by atoms with van der Waals surface area (Å²) in [5.41, 5.74) is 0.802. The molecule has 11 amide bonds. The van der Waals surface area contributed by atoms with E-state index in [0.717, 1.165) is 10.5 Å². The first-order valence-electron chi connectivity index (χ1n) is 43.9. The first-order valence-corrected chi connectivity index (χ1v) is 43.9. The van der Waals surface area contributed by atoms with Crippen LogP contribution in [0.3, 0.4) is 0 Å². The van der Waals surface area contributed by atoms with Gasteiger partial charge in [-0.3, -0.25) is 67.2 Å². The molecule has 2 aliphatic rings. The van der Waals surface area contributed by atoms with E-state index in [2.05, 4.69) is 42.5 Å².